The maximum absolute atomic E-state index is 13.8. The lowest BCUT2D eigenvalue weighted by atomic mass is 10.1. The maximum atomic E-state index is 13.8. The number of para-hydroxylation sites is 1. The number of hydrogen-bond acceptors (Lipinski definition) is 4. The predicted octanol–water partition coefficient (Wildman–Crippen LogP) is 1.52. The third-order valence-electron chi connectivity index (χ3n) is 3.84. The summed E-state index contributed by atoms with van der Waals surface area (Å²) in [5.74, 6) is -0.941. The summed E-state index contributed by atoms with van der Waals surface area (Å²) < 4.78 is 42.3. The maximum Gasteiger partial charge on any atom is 0.244 e. The van der Waals surface area contributed by atoms with Crippen molar-refractivity contribution >= 4 is 15.9 Å². The van der Waals surface area contributed by atoms with E-state index in [1.165, 1.54) is 29.1 Å². The van der Waals surface area contributed by atoms with Crippen molar-refractivity contribution in [2.75, 3.05) is 0 Å². The predicted molar refractivity (Wildman–Crippen MR) is 96.9 cm³/mol. The van der Waals surface area contributed by atoms with Gasteiger partial charge in [-0.2, -0.15) is 5.10 Å². The summed E-state index contributed by atoms with van der Waals surface area (Å²) in [4.78, 5) is 10.8. The first kappa shape index (κ1) is 18.7. The molecule has 0 bridgehead atoms. The Hall–Kier alpha value is -3.04. The largest absolute Gasteiger partial charge is 0.369 e. The van der Waals surface area contributed by atoms with Crippen LogP contribution in [0, 0.1) is 5.82 Å². The normalized spacial score (nSPS) is 11.4. The number of halogens is 1. The molecule has 1 heterocycles. The fourth-order valence-electron chi connectivity index (χ4n) is 2.45. The zero-order valence-electron chi connectivity index (χ0n) is 14.2. The average molecular weight is 388 g/mol. The van der Waals surface area contributed by atoms with E-state index in [9.17, 15) is 17.6 Å². The molecular weight excluding hydrogens is 371 g/mol. The number of primary amides is 1. The van der Waals surface area contributed by atoms with E-state index in [1.807, 2.05) is 0 Å². The number of nitrogens with two attached hydrogens (primary N) is 1. The number of nitrogens with zero attached hydrogens (tertiary/aromatic N) is 2. The molecule has 0 aliphatic carbocycles. The van der Waals surface area contributed by atoms with Gasteiger partial charge in [-0.15, -0.1) is 0 Å². The van der Waals surface area contributed by atoms with Crippen molar-refractivity contribution < 1.29 is 17.6 Å². The monoisotopic (exact) mass is 388 g/mol. The van der Waals surface area contributed by atoms with Gasteiger partial charge in [0.1, 0.15) is 16.4 Å². The molecule has 27 heavy (non-hydrogen) atoms. The van der Waals surface area contributed by atoms with Gasteiger partial charge in [0.25, 0.3) is 0 Å². The van der Waals surface area contributed by atoms with Gasteiger partial charge in [0, 0.05) is 6.54 Å². The Morgan fingerprint density at radius 2 is 1.78 bits per heavy atom. The number of sulfonamides is 1. The first-order valence-electron chi connectivity index (χ1n) is 8.00. The number of carbonyl (C=O) groups is 1. The molecule has 0 atom stereocenters. The summed E-state index contributed by atoms with van der Waals surface area (Å²) in [5, 5.41) is 3.92. The van der Waals surface area contributed by atoms with E-state index in [4.69, 9.17) is 5.73 Å². The number of benzene rings is 2. The summed E-state index contributed by atoms with van der Waals surface area (Å²) in [7, 11) is -3.82. The van der Waals surface area contributed by atoms with E-state index < -0.39 is 21.7 Å². The van der Waals surface area contributed by atoms with E-state index in [1.54, 1.807) is 30.3 Å². The first-order valence-corrected chi connectivity index (χ1v) is 9.49. The van der Waals surface area contributed by atoms with Gasteiger partial charge in [-0.05, 0) is 23.3 Å². The van der Waals surface area contributed by atoms with Crippen LogP contribution in [0.2, 0.25) is 0 Å². The van der Waals surface area contributed by atoms with Crippen LogP contribution in [0.1, 0.15) is 11.1 Å². The molecule has 2 aromatic carbocycles. The fourth-order valence-corrected chi connectivity index (χ4v) is 3.40. The Morgan fingerprint density at radius 1 is 1.11 bits per heavy atom. The Balaban J connectivity index is 1.70. The van der Waals surface area contributed by atoms with Crippen molar-refractivity contribution in [3.8, 4) is 5.69 Å². The molecule has 1 aromatic heterocycles. The van der Waals surface area contributed by atoms with E-state index in [0.717, 1.165) is 11.8 Å². The first-order chi connectivity index (χ1) is 12.8. The summed E-state index contributed by atoms with van der Waals surface area (Å²) in [6.07, 6.45) is 2.53. The molecule has 3 N–H and O–H groups in total. The molecule has 7 nitrogen and oxygen atoms in total. The van der Waals surface area contributed by atoms with Crippen LogP contribution in [0.15, 0.2) is 65.8 Å². The van der Waals surface area contributed by atoms with Crippen LogP contribution in [0.5, 0.6) is 0 Å². The molecule has 3 aromatic rings. The highest BCUT2D eigenvalue weighted by Gasteiger charge is 2.17. The highest BCUT2D eigenvalue weighted by Crippen LogP contribution is 2.15. The minimum absolute atomic E-state index is 0.0596. The molecule has 0 aliphatic rings. The van der Waals surface area contributed by atoms with Crippen LogP contribution in [0.25, 0.3) is 5.69 Å². The zero-order chi connectivity index (χ0) is 19.4. The lowest BCUT2D eigenvalue weighted by Crippen LogP contribution is -2.23. The SMILES string of the molecule is NC(=O)Cc1ccc(CNS(=O)(=O)c2cnn(-c3ccccc3F)c2)cc1. The molecule has 0 spiro atoms. The van der Waals surface area contributed by atoms with Crippen molar-refractivity contribution in [2.45, 2.75) is 17.9 Å². The van der Waals surface area contributed by atoms with E-state index in [2.05, 4.69) is 9.82 Å². The Bertz CT molecular complexity index is 1060. The molecule has 9 heteroatoms. The number of aromatic nitrogens is 2. The Morgan fingerprint density at radius 3 is 2.44 bits per heavy atom. The highest BCUT2D eigenvalue weighted by atomic mass is 32.2. The van der Waals surface area contributed by atoms with Crippen molar-refractivity contribution in [1.82, 2.24) is 14.5 Å². The molecule has 3 rings (SSSR count). The van der Waals surface area contributed by atoms with Crippen LogP contribution in [-0.2, 0) is 27.8 Å². The fraction of sp³-hybridized carbons (Fsp3) is 0.111. The number of nitrogens with one attached hydrogen (secondary N) is 1. The second-order valence-corrected chi connectivity index (χ2v) is 7.62. The van der Waals surface area contributed by atoms with Crippen LogP contribution in [0.3, 0.4) is 0 Å². The van der Waals surface area contributed by atoms with Crippen molar-refractivity contribution in [3.63, 3.8) is 0 Å². The van der Waals surface area contributed by atoms with E-state index >= 15 is 0 Å². The van der Waals surface area contributed by atoms with Crippen molar-refractivity contribution in [1.29, 1.82) is 0 Å². The lowest BCUT2D eigenvalue weighted by Gasteiger charge is -2.06. The molecule has 0 aliphatic heterocycles. The van der Waals surface area contributed by atoms with Gasteiger partial charge in [-0.25, -0.2) is 22.2 Å². The van der Waals surface area contributed by atoms with E-state index in [-0.39, 0.29) is 23.5 Å². The van der Waals surface area contributed by atoms with Crippen LogP contribution < -0.4 is 10.5 Å². The molecule has 0 unspecified atom stereocenters. The highest BCUT2D eigenvalue weighted by molar-refractivity contribution is 7.89. The van der Waals surface area contributed by atoms with E-state index in [0.29, 0.717) is 5.56 Å². The minimum Gasteiger partial charge on any atom is -0.369 e. The summed E-state index contributed by atoms with van der Waals surface area (Å²) in [6, 6.07) is 12.8. The van der Waals surface area contributed by atoms with Gasteiger partial charge >= 0.3 is 0 Å². The topological polar surface area (TPSA) is 107 Å². The minimum atomic E-state index is -3.82. The number of hydrogen-bond donors (Lipinski definition) is 2. The van der Waals surface area contributed by atoms with Crippen LogP contribution in [0.4, 0.5) is 4.39 Å². The van der Waals surface area contributed by atoms with Gasteiger partial charge in [0.15, 0.2) is 0 Å². The number of amides is 1. The lowest BCUT2D eigenvalue weighted by molar-refractivity contribution is -0.117. The Labute approximate surface area is 155 Å². The van der Waals surface area contributed by atoms with Crippen molar-refractivity contribution in [3.05, 3.63) is 77.9 Å². The summed E-state index contributed by atoms with van der Waals surface area (Å²) in [6.45, 7) is 0.0596. The van der Waals surface area contributed by atoms with Gasteiger partial charge in [-0.1, -0.05) is 36.4 Å². The quantitative estimate of drug-likeness (QED) is 0.640. The molecule has 0 radical (unpaired) electrons. The molecule has 0 saturated heterocycles. The number of carbonyl (C=O) groups excluding carboxylic acids is 1. The van der Waals surface area contributed by atoms with Gasteiger partial charge in [-0.3, -0.25) is 4.79 Å². The van der Waals surface area contributed by atoms with Crippen molar-refractivity contribution in [2.24, 2.45) is 5.73 Å². The van der Waals surface area contributed by atoms with Crippen LogP contribution >= 0.6 is 0 Å². The summed E-state index contributed by atoms with van der Waals surface area (Å²) >= 11 is 0. The second-order valence-electron chi connectivity index (χ2n) is 5.86. The second kappa shape index (κ2) is 7.68. The van der Waals surface area contributed by atoms with Crippen LogP contribution in [-0.4, -0.2) is 24.1 Å². The van der Waals surface area contributed by atoms with Gasteiger partial charge < -0.3 is 5.73 Å². The summed E-state index contributed by atoms with van der Waals surface area (Å²) in [5.41, 5.74) is 6.76. The van der Waals surface area contributed by atoms with Gasteiger partial charge in [0.05, 0.1) is 18.8 Å². The standard InChI is InChI=1S/C18H17FN4O3S/c19-16-3-1-2-4-17(16)23-12-15(11-21-23)27(25,26)22-10-14-7-5-13(6-8-14)9-18(20)24/h1-8,11-12,22H,9-10H2,(H2,20,24). The molecular formula is C18H17FN4O3S. The van der Waals surface area contributed by atoms with Gasteiger partial charge in [0.2, 0.25) is 15.9 Å². The number of rotatable bonds is 7. The zero-order valence-corrected chi connectivity index (χ0v) is 15.0. The molecule has 1 amide bonds. The smallest absolute Gasteiger partial charge is 0.244 e. The molecule has 0 saturated carbocycles. The molecule has 0 fully saturated rings. The average Bonchev–Trinajstić information content (AvgIpc) is 3.12. The third kappa shape index (κ3) is 4.57. The molecule has 140 valence electrons. The Kier molecular flexibility index (Phi) is 5.33. The third-order valence-corrected chi connectivity index (χ3v) is 5.19.